The van der Waals surface area contributed by atoms with Gasteiger partial charge in [0.1, 0.15) is 8.07 Å². The van der Waals surface area contributed by atoms with E-state index in [1.54, 1.807) is 16.3 Å². The predicted octanol–water partition coefficient (Wildman–Crippen LogP) is 5.13. The van der Waals surface area contributed by atoms with Gasteiger partial charge in [0.15, 0.2) is 0 Å². The van der Waals surface area contributed by atoms with Crippen LogP contribution in [0.2, 0.25) is 12.1 Å². The van der Waals surface area contributed by atoms with E-state index in [-0.39, 0.29) is 17.4 Å². The quantitative estimate of drug-likeness (QED) is 0.713. The minimum Gasteiger partial charge on any atom is -0.392 e. The van der Waals surface area contributed by atoms with Gasteiger partial charge in [0.2, 0.25) is 0 Å². The van der Waals surface area contributed by atoms with Crippen LogP contribution in [0.5, 0.6) is 0 Å². The van der Waals surface area contributed by atoms with Gasteiger partial charge in [-0.05, 0) is 40.4 Å². The summed E-state index contributed by atoms with van der Waals surface area (Å²) in [6.07, 6.45) is 2.52. The molecule has 1 nitrogen and oxygen atoms in total. The molecule has 2 aromatic carbocycles. The molecule has 1 aliphatic carbocycles. The second-order valence-electron chi connectivity index (χ2n) is 9.67. The van der Waals surface area contributed by atoms with E-state index < -0.39 is 8.07 Å². The minimum absolute atomic E-state index is 0.120. The molecule has 0 spiro atoms. The van der Waals surface area contributed by atoms with Crippen LogP contribution in [0.4, 0.5) is 0 Å². The van der Waals surface area contributed by atoms with Crippen molar-refractivity contribution in [3.8, 4) is 0 Å². The Morgan fingerprint density at radius 2 is 1.30 bits per heavy atom. The molecule has 0 saturated carbocycles. The van der Waals surface area contributed by atoms with Crippen molar-refractivity contribution in [3.63, 3.8) is 0 Å². The average Bonchev–Trinajstić information content (AvgIpc) is 2.67. The van der Waals surface area contributed by atoms with Gasteiger partial charge in [0.05, 0.1) is 6.61 Å². The second kappa shape index (κ2) is 7.22. The summed E-state index contributed by atoms with van der Waals surface area (Å²) in [5.74, 6) is 0. The maximum atomic E-state index is 9.41. The van der Waals surface area contributed by atoms with Crippen LogP contribution >= 0.6 is 0 Å². The van der Waals surface area contributed by atoms with Crippen molar-refractivity contribution < 1.29 is 5.11 Å². The Kier molecular flexibility index (Phi) is 5.44. The Morgan fingerprint density at radius 3 is 1.81 bits per heavy atom. The lowest BCUT2D eigenvalue weighted by atomic mass is 9.63. The van der Waals surface area contributed by atoms with Crippen LogP contribution in [0.15, 0.2) is 42.5 Å². The third kappa shape index (κ3) is 3.43. The molecular formula is C25H36OSi. The zero-order valence-corrected chi connectivity index (χ0v) is 19.0. The summed E-state index contributed by atoms with van der Waals surface area (Å²) >= 11 is 0. The molecule has 0 atom stereocenters. The topological polar surface area (TPSA) is 20.2 Å². The molecule has 0 radical (unpaired) electrons. The number of hydrogen-bond acceptors (Lipinski definition) is 1. The van der Waals surface area contributed by atoms with Crippen LogP contribution in [-0.2, 0) is 17.4 Å². The Hall–Kier alpha value is -1.38. The number of hydrogen-bond donors (Lipinski definition) is 1. The van der Waals surface area contributed by atoms with Gasteiger partial charge in [-0.25, -0.2) is 0 Å². The van der Waals surface area contributed by atoms with Crippen LogP contribution in [0.1, 0.15) is 71.1 Å². The number of aliphatic hydroxyl groups excluding tert-OH is 1. The summed E-state index contributed by atoms with van der Waals surface area (Å²) in [7, 11) is -1.78. The normalized spacial score (nSPS) is 18.2. The van der Waals surface area contributed by atoms with Crippen molar-refractivity contribution in [3.05, 3.63) is 59.2 Å². The number of aliphatic hydroxyl groups is 1. The lowest BCUT2D eigenvalue weighted by molar-refractivity contribution is 0.282. The van der Waals surface area contributed by atoms with E-state index in [9.17, 15) is 5.11 Å². The highest BCUT2D eigenvalue weighted by Gasteiger charge is 2.40. The first kappa shape index (κ1) is 20.4. The maximum absolute atomic E-state index is 9.41. The van der Waals surface area contributed by atoms with Crippen molar-refractivity contribution in [2.75, 3.05) is 0 Å². The molecule has 0 unspecified atom stereocenters. The zero-order chi connectivity index (χ0) is 19.9. The predicted molar refractivity (Wildman–Crippen MR) is 120 cm³/mol. The molecule has 0 aromatic heterocycles. The van der Waals surface area contributed by atoms with E-state index in [0.29, 0.717) is 0 Å². The van der Waals surface area contributed by atoms with Crippen LogP contribution in [0.25, 0.3) is 0 Å². The molecule has 0 fully saturated rings. The molecule has 0 amide bonds. The lowest BCUT2D eigenvalue weighted by Gasteiger charge is -2.43. The smallest absolute Gasteiger partial charge is 0.117 e. The Bertz CT molecular complexity index is 798. The molecule has 1 N–H and O–H groups in total. The van der Waals surface area contributed by atoms with Gasteiger partial charge in [-0.15, -0.1) is 0 Å². The highest BCUT2D eigenvalue weighted by molar-refractivity contribution is 7.02. The van der Waals surface area contributed by atoms with Gasteiger partial charge in [-0.1, -0.05) is 106 Å². The maximum Gasteiger partial charge on any atom is 0.117 e. The van der Waals surface area contributed by atoms with Crippen molar-refractivity contribution >= 4 is 18.4 Å². The molecule has 27 heavy (non-hydrogen) atoms. The zero-order valence-electron chi connectivity index (χ0n) is 18.0. The molecular weight excluding hydrogens is 344 g/mol. The first-order valence-electron chi connectivity index (χ1n) is 10.6. The Morgan fingerprint density at radius 1 is 0.778 bits per heavy atom. The van der Waals surface area contributed by atoms with E-state index in [0.717, 1.165) is 5.56 Å². The molecule has 0 heterocycles. The van der Waals surface area contributed by atoms with Gasteiger partial charge < -0.3 is 5.11 Å². The van der Waals surface area contributed by atoms with E-state index in [4.69, 9.17) is 0 Å². The molecule has 1 aliphatic rings. The summed E-state index contributed by atoms with van der Waals surface area (Å²) in [5, 5.41) is 12.5. The van der Waals surface area contributed by atoms with E-state index in [2.05, 4.69) is 84.0 Å². The van der Waals surface area contributed by atoms with E-state index in [1.165, 1.54) is 30.1 Å². The molecule has 3 rings (SSSR count). The average molecular weight is 381 g/mol. The number of benzene rings is 2. The molecule has 0 saturated heterocycles. The summed E-state index contributed by atoms with van der Waals surface area (Å²) in [6.45, 7) is 14.5. The SMILES string of the molecule is CC[Si](CC)(c1ccc(CO)cc1)c1ccc2c(c1)C(C)(C)CCC2(C)C. The lowest BCUT2D eigenvalue weighted by Crippen LogP contribution is -2.57. The van der Waals surface area contributed by atoms with E-state index >= 15 is 0 Å². The number of rotatable bonds is 5. The van der Waals surface area contributed by atoms with E-state index in [1.807, 2.05) is 0 Å². The van der Waals surface area contributed by atoms with Gasteiger partial charge in [-0.2, -0.15) is 0 Å². The summed E-state index contributed by atoms with van der Waals surface area (Å²) in [5.41, 5.74) is 4.65. The van der Waals surface area contributed by atoms with Crippen LogP contribution < -0.4 is 10.4 Å². The molecule has 0 aliphatic heterocycles. The van der Waals surface area contributed by atoms with Gasteiger partial charge >= 0.3 is 0 Å². The van der Waals surface area contributed by atoms with Crippen LogP contribution in [0.3, 0.4) is 0 Å². The van der Waals surface area contributed by atoms with Gasteiger partial charge in [0.25, 0.3) is 0 Å². The minimum atomic E-state index is -1.78. The monoisotopic (exact) mass is 380 g/mol. The van der Waals surface area contributed by atoms with Crippen LogP contribution in [-0.4, -0.2) is 13.2 Å². The van der Waals surface area contributed by atoms with Crippen molar-refractivity contribution in [2.24, 2.45) is 0 Å². The Labute approximate surface area is 166 Å². The molecule has 0 bridgehead atoms. The first-order valence-corrected chi connectivity index (χ1v) is 13.0. The number of fused-ring (bicyclic) bond motifs is 1. The van der Waals surface area contributed by atoms with Crippen molar-refractivity contribution in [2.45, 2.75) is 83.9 Å². The fraction of sp³-hybridized carbons (Fsp3) is 0.520. The summed E-state index contributed by atoms with van der Waals surface area (Å²) < 4.78 is 0. The fourth-order valence-corrected chi connectivity index (χ4v) is 9.14. The first-order chi connectivity index (χ1) is 12.7. The largest absolute Gasteiger partial charge is 0.392 e. The van der Waals surface area contributed by atoms with Crippen LogP contribution in [0, 0.1) is 0 Å². The van der Waals surface area contributed by atoms with Crippen molar-refractivity contribution in [1.82, 2.24) is 0 Å². The molecule has 2 heteroatoms. The molecule has 146 valence electrons. The highest BCUT2D eigenvalue weighted by atomic mass is 28.3. The third-order valence-corrected chi connectivity index (χ3v) is 12.6. The fourth-order valence-electron chi connectivity index (χ4n) is 5.05. The second-order valence-corrected chi connectivity index (χ2v) is 14.4. The molecule has 2 aromatic rings. The van der Waals surface area contributed by atoms with Crippen molar-refractivity contribution in [1.29, 1.82) is 0 Å². The third-order valence-electron chi connectivity index (χ3n) is 7.30. The Balaban J connectivity index is 2.17. The van der Waals surface area contributed by atoms with Gasteiger partial charge in [-0.3, -0.25) is 0 Å². The summed E-state index contributed by atoms with van der Waals surface area (Å²) in [4.78, 5) is 0. The van der Waals surface area contributed by atoms with Gasteiger partial charge in [0, 0.05) is 0 Å². The standard InChI is InChI=1S/C25H36OSi/c1-7-27(8-2,20-11-9-19(18-26)10-12-20)21-13-14-22-23(17-21)25(5,6)16-15-24(22,3)4/h9-14,17,26H,7-8,15-16,18H2,1-6H3. The summed E-state index contributed by atoms with van der Waals surface area (Å²) in [6, 6.07) is 18.7. The highest BCUT2D eigenvalue weighted by Crippen LogP contribution is 2.45.